The van der Waals surface area contributed by atoms with Gasteiger partial charge in [-0.3, -0.25) is 0 Å². The van der Waals surface area contributed by atoms with E-state index in [0.29, 0.717) is 17.0 Å². The van der Waals surface area contributed by atoms with Crippen LogP contribution < -0.4 is 0 Å². The number of benzene rings is 9. The van der Waals surface area contributed by atoms with Crippen LogP contribution in [-0.4, -0.2) is 15.0 Å². The Bertz CT molecular complexity index is 3680. The van der Waals surface area contributed by atoms with Crippen molar-refractivity contribution < 1.29 is 14.0 Å². The fourth-order valence-electron chi connectivity index (χ4n) is 7.57. The van der Waals surface area contributed by atoms with Crippen LogP contribution in [0.1, 0.15) is 9.60 Å². The highest BCUT2D eigenvalue weighted by atomic mass is 16.3. The molecule has 0 bridgehead atoms. The molecule has 0 spiro atoms. The van der Waals surface area contributed by atoms with Crippen LogP contribution in [0.15, 0.2) is 192 Å². The summed E-state index contributed by atoms with van der Waals surface area (Å²) >= 11 is 0. The number of hydrogen-bond acceptors (Lipinski definition) is 4. The Morgan fingerprint density at radius 1 is 0.364 bits per heavy atom. The minimum absolute atomic E-state index is 0.000194. The van der Waals surface area contributed by atoms with E-state index in [0.717, 1.165) is 43.8 Å². The Morgan fingerprint density at radius 3 is 1.82 bits per heavy atom. The van der Waals surface area contributed by atoms with Gasteiger partial charge in [0, 0.05) is 27.5 Å². The van der Waals surface area contributed by atoms with Crippen LogP contribution in [0.25, 0.3) is 111 Å². The van der Waals surface area contributed by atoms with Crippen molar-refractivity contribution in [1.82, 2.24) is 15.0 Å². The van der Waals surface area contributed by atoms with E-state index in [1.54, 1.807) is 0 Å². The second-order valence-electron chi connectivity index (χ2n) is 13.5. The lowest BCUT2D eigenvalue weighted by Crippen LogP contribution is -2.01. The molecule has 0 saturated heterocycles. The quantitative estimate of drug-likeness (QED) is 0.167. The molecule has 0 aliphatic carbocycles. The molecule has 256 valence electrons. The zero-order valence-electron chi connectivity index (χ0n) is 36.1. The topological polar surface area (TPSA) is 51.8 Å². The van der Waals surface area contributed by atoms with Gasteiger partial charge in [0.1, 0.15) is 11.2 Å². The SMILES string of the molecule is [2H]c1c([2H])c([2H])c2c(oc3c([2H])c([2H])c([2H])c(-c4nc(-c5cccc(-c6ccc(-c7ccc8ccccc8c7)cc6)c5)nc(-c5cc6ccccc6c6ccccc56)n4)c32)c1[2H]. The van der Waals surface area contributed by atoms with Gasteiger partial charge in [0.25, 0.3) is 0 Å². The molecule has 0 saturated carbocycles. The molecule has 4 nitrogen and oxygen atoms in total. The zero-order valence-corrected chi connectivity index (χ0v) is 29.1. The first-order chi connectivity index (χ1) is 30.1. The minimum Gasteiger partial charge on any atom is -0.456 e. The molecule has 2 heterocycles. The molecule has 0 N–H and O–H groups in total. The van der Waals surface area contributed by atoms with E-state index >= 15 is 0 Å². The summed E-state index contributed by atoms with van der Waals surface area (Å²) in [4.78, 5) is 15.1. The summed E-state index contributed by atoms with van der Waals surface area (Å²) in [6.07, 6.45) is 0. The third kappa shape index (κ3) is 5.34. The molecule has 0 amide bonds. The van der Waals surface area contributed by atoms with Gasteiger partial charge in [-0.2, -0.15) is 0 Å². The highest BCUT2D eigenvalue weighted by Crippen LogP contribution is 2.39. The second-order valence-corrected chi connectivity index (χ2v) is 13.5. The summed E-state index contributed by atoms with van der Waals surface area (Å²) in [6, 6.07) is 46.0. The van der Waals surface area contributed by atoms with Gasteiger partial charge in [-0.05, 0) is 84.9 Å². The minimum atomic E-state index is -0.497. The number of furan rings is 1. The number of hydrogen-bond donors (Lipinski definition) is 0. The van der Waals surface area contributed by atoms with Gasteiger partial charge < -0.3 is 4.42 Å². The predicted molar refractivity (Wildman–Crippen MR) is 227 cm³/mol. The van der Waals surface area contributed by atoms with Crippen molar-refractivity contribution in [1.29, 1.82) is 0 Å². The first kappa shape index (κ1) is 24.7. The molecule has 0 atom stereocenters. The van der Waals surface area contributed by atoms with Crippen LogP contribution >= 0.6 is 0 Å². The Hall–Kier alpha value is -7.43. The maximum absolute atomic E-state index is 9.30. The molecule has 2 aromatic heterocycles. The van der Waals surface area contributed by atoms with Gasteiger partial charge in [0.05, 0.1) is 9.60 Å². The molecule has 0 radical (unpaired) electrons. The van der Waals surface area contributed by atoms with Crippen molar-refractivity contribution in [3.63, 3.8) is 0 Å². The smallest absolute Gasteiger partial charge is 0.164 e. The summed E-state index contributed by atoms with van der Waals surface area (Å²) in [5.41, 5.74) is 5.12. The van der Waals surface area contributed by atoms with E-state index in [4.69, 9.17) is 27.6 Å². The molecule has 4 heteroatoms. The Morgan fingerprint density at radius 2 is 0.982 bits per heavy atom. The molecule has 11 aromatic rings. The lowest BCUT2D eigenvalue weighted by Gasteiger charge is -2.13. The largest absolute Gasteiger partial charge is 0.456 e. The van der Waals surface area contributed by atoms with E-state index in [-0.39, 0.29) is 45.2 Å². The maximum atomic E-state index is 9.30. The van der Waals surface area contributed by atoms with Crippen molar-refractivity contribution in [2.24, 2.45) is 0 Å². The van der Waals surface area contributed by atoms with Crippen LogP contribution in [-0.2, 0) is 0 Å². The van der Waals surface area contributed by atoms with Crippen LogP contribution in [0.5, 0.6) is 0 Å². The summed E-state index contributed by atoms with van der Waals surface area (Å²) in [5.74, 6) is 0.562. The number of nitrogens with zero attached hydrogens (tertiary/aromatic N) is 3. The first-order valence-electron chi connectivity index (χ1n) is 21.4. The molecule has 9 aromatic carbocycles. The van der Waals surface area contributed by atoms with Crippen LogP contribution in [0.2, 0.25) is 0 Å². The lowest BCUT2D eigenvalue weighted by molar-refractivity contribution is 0.669. The summed E-state index contributed by atoms with van der Waals surface area (Å²) in [7, 11) is 0. The highest BCUT2D eigenvalue weighted by molar-refractivity contribution is 6.14. The van der Waals surface area contributed by atoms with Gasteiger partial charge in [-0.25, -0.2) is 15.0 Å². The van der Waals surface area contributed by atoms with Crippen molar-refractivity contribution in [2.45, 2.75) is 0 Å². The molecule has 11 rings (SSSR count). The Labute approximate surface area is 326 Å². The maximum Gasteiger partial charge on any atom is 0.164 e. The van der Waals surface area contributed by atoms with Crippen molar-refractivity contribution in [2.75, 3.05) is 0 Å². The number of rotatable bonds is 5. The van der Waals surface area contributed by atoms with Gasteiger partial charge >= 0.3 is 0 Å². The van der Waals surface area contributed by atoms with Gasteiger partial charge in [-0.15, -0.1) is 0 Å². The van der Waals surface area contributed by atoms with Crippen LogP contribution in [0.3, 0.4) is 0 Å². The number of fused-ring (bicyclic) bond motifs is 7. The van der Waals surface area contributed by atoms with Gasteiger partial charge in [-0.1, -0.05) is 158 Å². The molecule has 55 heavy (non-hydrogen) atoms. The third-order valence-electron chi connectivity index (χ3n) is 10.2. The fourth-order valence-corrected chi connectivity index (χ4v) is 7.57. The number of aromatic nitrogens is 3. The molecule has 0 unspecified atom stereocenters. The van der Waals surface area contributed by atoms with Crippen molar-refractivity contribution >= 4 is 54.3 Å². The summed E-state index contributed by atoms with van der Waals surface area (Å²) in [6.45, 7) is 0. The lowest BCUT2D eigenvalue weighted by atomic mass is 9.96. The molecule has 0 aliphatic rings. The molecular formula is C51H31N3O. The standard InChI is InChI=1S/C51H31N3O/c1-2-12-35-29-37(28-27-32(35)11-1)34-25-23-33(24-26-34)36-14-9-15-39(30-36)49-52-50(44-20-10-22-47-48(44)43-19-7-8-21-46(43)55-47)54-51(53-49)45-31-38-13-3-4-16-40(38)41-17-5-6-18-42(41)45/h1-31H/i7D,8D,10D,19D,20D,21D,22D. The number of para-hydroxylation sites is 1. The predicted octanol–water partition coefficient (Wildman–Crippen LogP) is 13.6. The van der Waals surface area contributed by atoms with Crippen LogP contribution in [0, 0.1) is 0 Å². The average molecular weight is 709 g/mol. The highest BCUT2D eigenvalue weighted by Gasteiger charge is 2.19. The van der Waals surface area contributed by atoms with Crippen LogP contribution in [0.4, 0.5) is 0 Å². The summed E-state index contributed by atoms with van der Waals surface area (Å²) in [5, 5.41) is 6.30. The monoisotopic (exact) mass is 708 g/mol. The second kappa shape index (κ2) is 12.6. The average Bonchev–Trinajstić information content (AvgIpc) is 3.72. The first-order valence-corrected chi connectivity index (χ1v) is 17.9. The van der Waals surface area contributed by atoms with E-state index in [1.165, 1.54) is 10.8 Å². The molecular weight excluding hydrogens is 671 g/mol. The van der Waals surface area contributed by atoms with E-state index in [2.05, 4.69) is 66.7 Å². The molecule has 0 fully saturated rings. The zero-order chi connectivity index (χ0) is 42.4. The fraction of sp³-hybridized carbons (Fsp3) is 0. The van der Waals surface area contributed by atoms with E-state index < -0.39 is 36.3 Å². The summed E-state index contributed by atoms with van der Waals surface area (Å²) < 4.78 is 67.4. The van der Waals surface area contributed by atoms with Crippen molar-refractivity contribution in [3.05, 3.63) is 188 Å². The van der Waals surface area contributed by atoms with E-state index in [1.807, 2.05) is 78.9 Å². The Balaban J connectivity index is 1.14. The molecule has 0 aliphatic heterocycles. The normalized spacial score (nSPS) is 13.4. The van der Waals surface area contributed by atoms with E-state index in [9.17, 15) is 1.37 Å². The van der Waals surface area contributed by atoms with Gasteiger partial charge in [0.2, 0.25) is 0 Å². The Kier molecular flexibility index (Phi) is 5.67. The van der Waals surface area contributed by atoms with Gasteiger partial charge in [0.15, 0.2) is 17.5 Å². The third-order valence-corrected chi connectivity index (χ3v) is 10.2. The van der Waals surface area contributed by atoms with Crippen molar-refractivity contribution in [3.8, 4) is 56.4 Å².